The van der Waals surface area contributed by atoms with Crippen LogP contribution in [0.15, 0.2) is 46.5 Å². The van der Waals surface area contributed by atoms with Gasteiger partial charge in [-0.3, -0.25) is 9.13 Å². The smallest absolute Gasteiger partial charge is 0.329 e. The van der Waals surface area contributed by atoms with Crippen LogP contribution in [0.3, 0.4) is 0 Å². The van der Waals surface area contributed by atoms with E-state index < -0.39 is 15.9 Å². The highest BCUT2D eigenvalue weighted by atomic mass is 35.5. The molecule has 1 aliphatic carbocycles. The number of fused-ring (bicyclic) bond motifs is 1. The molecule has 3 rings (SSSR count). The van der Waals surface area contributed by atoms with E-state index in [1.807, 2.05) is 26.8 Å². The van der Waals surface area contributed by atoms with Crippen LogP contribution >= 0.6 is 11.6 Å². The Morgan fingerprint density at radius 2 is 1.90 bits per heavy atom. The maximum atomic E-state index is 13.5. The Kier molecular flexibility index (Phi) is 7.03. The summed E-state index contributed by atoms with van der Waals surface area (Å²) in [5.74, 6) is 0.473. The topological polar surface area (TPSA) is 79.5 Å². The first-order valence-corrected chi connectivity index (χ1v) is 12.7. The normalized spacial score (nSPS) is 18.2. The highest BCUT2D eigenvalue weighted by molar-refractivity contribution is 7.90. The maximum absolute atomic E-state index is 13.5. The summed E-state index contributed by atoms with van der Waals surface area (Å²) in [6.07, 6.45) is 4.91. The molecular formula is C22H29ClN2O5S. The number of sulfone groups is 1. The summed E-state index contributed by atoms with van der Waals surface area (Å²) in [7, 11) is -1.82. The number of hydrogen-bond acceptors (Lipinski definition) is 5. The predicted octanol–water partition coefficient (Wildman–Crippen LogP) is 3.89. The fourth-order valence-electron chi connectivity index (χ4n) is 4.12. The minimum atomic E-state index is -3.40. The quantitative estimate of drug-likeness (QED) is 0.587. The number of hydrogen-bond donors (Lipinski definition) is 0. The maximum Gasteiger partial charge on any atom is 0.329 e. The fourth-order valence-corrected chi connectivity index (χ4v) is 5.22. The lowest BCUT2D eigenvalue weighted by Crippen LogP contribution is -2.34. The third-order valence-corrected chi connectivity index (χ3v) is 6.55. The summed E-state index contributed by atoms with van der Waals surface area (Å²) in [5, 5.41) is 0.514. The molecule has 0 N–H and O–H groups in total. The number of rotatable bonds is 8. The Bertz CT molecular complexity index is 1190. The molecule has 2 atom stereocenters. The van der Waals surface area contributed by atoms with E-state index in [9.17, 15) is 13.2 Å². The van der Waals surface area contributed by atoms with E-state index in [0.29, 0.717) is 34.8 Å². The number of imidazole rings is 1. The standard InChI is InChI=1S/C22H29ClN2O5S/c1-6-30-21-11-15(7-10-20(21)29-4)19(13-31(5,27)28)25-17-9-8-16(23)12-18(17)24(14(2)3)22(25)26/h7-10,12,14,19,21H,6,11,13H2,1-5H3/t19-,21?/m0/s1. The Balaban J connectivity index is 2.25. The second-order valence-corrected chi connectivity index (χ2v) is 10.6. The lowest BCUT2D eigenvalue weighted by atomic mass is 9.95. The van der Waals surface area contributed by atoms with Gasteiger partial charge in [0.05, 0.1) is 29.9 Å². The molecule has 0 aliphatic heterocycles. The molecule has 1 aliphatic rings. The minimum absolute atomic E-state index is 0.120. The van der Waals surface area contributed by atoms with Crippen LogP contribution in [0.2, 0.25) is 5.02 Å². The third kappa shape index (κ3) is 4.91. The molecule has 0 saturated carbocycles. The first-order valence-electron chi connectivity index (χ1n) is 10.2. The molecule has 0 fully saturated rings. The van der Waals surface area contributed by atoms with Crippen LogP contribution in [-0.4, -0.2) is 49.4 Å². The van der Waals surface area contributed by atoms with Gasteiger partial charge in [0.25, 0.3) is 0 Å². The van der Waals surface area contributed by atoms with E-state index in [1.54, 1.807) is 40.5 Å². The number of nitrogens with zero attached hydrogens (tertiary/aromatic N) is 2. The van der Waals surface area contributed by atoms with E-state index in [4.69, 9.17) is 21.1 Å². The van der Waals surface area contributed by atoms with E-state index in [2.05, 4.69) is 0 Å². The van der Waals surface area contributed by atoms with Crippen molar-refractivity contribution in [3.05, 3.63) is 57.2 Å². The van der Waals surface area contributed by atoms with Gasteiger partial charge in [0.2, 0.25) is 0 Å². The van der Waals surface area contributed by atoms with Crippen molar-refractivity contribution in [3.63, 3.8) is 0 Å². The van der Waals surface area contributed by atoms with Crippen molar-refractivity contribution in [1.29, 1.82) is 0 Å². The van der Waals surface area contributed by atoms with Gasteiger partial charge in [-0.25, -0.2) is 13.2 Å². The molecule has 1 unspecified atom stereocenters. The lowest BCUT2D eigenvalue weighted by molar-refractivity contribution is 0.0450. The van der Waals surface area contributed by atoms with Gasteiger partial charge in [0.1, 0.15) is 21.7 Å². The second-order valence-electron chi connectivity index (χ2n) is 8.02. The van der Waals surface area contributed by atoms with Crippen LogP contribution in [0, 0.1) is 0 Å². The Hall–Kier alpha value is -2.03. The predicted molar refractivity (Wildman–Crippen MR) is 124 cm³/mol. The van der Waals surface area contributed by atoms with E-state index in [-0.39, 0.29) is 23.6 Å². The van der Waals surface area contributed by atoms with Crippen LogP contribution in [0.1, 0.15) is 39.3 Å². The second kappa shape index (κ2) is 9.22. The average molecular weight is 469 g/mol. The van der Waals surface area contributed by atoms with Gasteiger partial charge in [-0.05, 0) is 50.6 Å². The molecule has 0 spiro atoms. The van der Waals surface area contributed by atoms with Crippen molar-refractivity contribution in [3.8, 4) is 0 Å². The SMILES string of the molecule is CCOC1CC([C@H](CS(C)(=O)=O)n2c(=O)n(C(C)C)c3cc(Cl)ccc32)=CC=C1OC. The zero-order valence-electron chi connectivity index (χ0n) is 18.5. The lowest BCUT2D eigenvalue weighted by Gasteiger charge is -2.28. The number of aromatic nitrogens is 2. The van der Waals surface area contributed by atoms with Crippen LogP contribution in [0.25, 0.3) is 11.0 Å². The molecule has 0 amide bonds. The molecule has 9 heteroatoms. The summed E-state index contributed by atoms with van der Waals surface area (Å²) < 4.78 is 39.2. The zero-order chi connectivity index (χ0) is 22.9. The molecule has 1 heterocycles. The van der Waals surface area contributed by atoms with E-state index >= 15 is 0 Å². The van der Waals surface area contributed by atoms with Crippen LogP contribution in [-0.2, 0) is 19.3 Å². The van der Waals surface area contributed by atoms with Gasteiger partial charge in [-0.15, -0.1) is 0 Å². The monoisotopic (exact) mass is 468 g/mol. The molecule has 7 nitrogen and oxygen atoms in total. The van der Waals surface area contributed by atoms with Gasteiger partial charge in [-0.2, -0.15) is 0 Å². The summed E-state index contributed by atoms with van der Waals surface area (Å²) in [4.78, 5) is 13.5. The summed E-state index contributed by atoms with van der Waals surface area (Å²) in [6.45, 7) is 6.21. The van der Waals surface area contributed by atoms with Gasteiger partial charge in [0.15, 0.2) is 0 Å². The first kappa shape index (κ1) is 23.6. The molecule has 0 radical (unpaired) electrons. The number of methoxy groups -OCH3 is 1. The summed E-state index contributed by atoms with van der Waals surface area (Å²) in [5.41, 5.74) is 1.85. The zero-order valence-corrected chi connectivity index (χ0v) is 20.0. The Morgan fingerprint density at radius 1 is 1.19 bits per heavy atom. The molecule has 31 heavy (non-hydrogen) atoms. The van der Waals surface area contributed by atoms with Crippen molar-refractivity contribution < 1.29 is 17.9 Å². The molecule has 170 valence electrons. The highest BCUT2D eigenvalue weighted by Gasteiger charge is 2.31. The minimum Gasteiger partial charge on any atom is -0.498 e. The average Bonchev–Trinajstić information content (AvgIpc) is 2.96. The largest absolute Gasteiger partial charge is 0.498 e. The number of halogens is 1. The molecule has 1 aromatic heterocycles. The van der Waals surface area contributed by atoms with Gasteiger partial charge >= 0.3 is 5.69 Å². The Labute approximate surface area is 187 Å². The van der Waals surface area contributed by atoms with Crippen LogP contribution in [0.4, 0.5) is 0 Å². The molecular weight excluding hydrogens is 440 g/mol. The molecule has 2 aromatic rings. The number of benzene rings is 1. The number of allylic oxidation sites excluding steroid dienone is 2. The van der Waals surface area contributed by atoms with Crippen LogP contribution in [0.5, 0.6) is 0 Å². The van der Waals surface area contributed by atoms with Crippen molar-refractivity contribution in [2.45, 2.75) is 45.4 Å². The summed E-state index contributed by atoms with van der Waals surface area (Å²) >= 11 is 6.21. The molecule has 1 aromatic carbocycles. The fraction of sp³-hybridized carbons (Fsp3) is 0.500. The van der Waals surface area contributed by atoms with Crippen molar-refractivity contribution in [2.24, 2.45) is 0 Å². The van der Waals surface area contributed by atoms with E-state index in [1.165, 1.54) is 6.26 Å². The first-order chi connectivity index (χ1) is 14.6. The highest BCUT2D eigenvalue weighted by Crippen LogP contribution is 2.33. The van der Waals surface area contributed by atoms with Crippen molar-refractivity contribution in [2.75, 3.05) is 25.7 Å². The van der Waals surface area contributed by atoms with Crippen LogP contribution < -0.4 is 5.69 Å². The van der Waals surface area contributed by atoms with Crippen molar-refractivity contribution >= 4 is 32.5 Å². The van der Waals surface area contributed by atoms with Gasteiger partial charge in [0, 0.05) is 30.3 Å². The summed E-state index contributed by atoms with van der Waals surface area (Å²) in [6, 6.07) is 4.43. The van der Waals surface area contributed by atoms with Gasteiger partial charge in [-0.1, -0.05) is 17.7 Å². The number of ether oxygens (including phenoxy) is 2. The van der Waals surface area contributed by atoms with E-state index in [0.717, 1.165) is 5.57 Å². The molecule has 0 bridgehead atoms. The van der Waals surface area contributed by atoms with Gasteiger partial charge < -0.3 is 9.47 Å². The molecule has 0 saturated heterocycles. The Morgan fingerprint density at radius 3 is 2.48 bits per heavy atom. The van der Waals surface area contributed by atoms with Crippen molar-refractivity contribution in [1.82, 2.24) is 9.13 Å². The third-order valence-electron chi connectivity index (χ3n) is 5.39.